The molecule has 3 N–H and O–H groups in total. The summed E-state index contributed by atoms with van der Waals surface area (Å²) >= 11 is 1.13. The highest BCUT2D eigenvalue weighted by Gasteiger charge is 2.16. The molecule has 2 aromatic rings. The standard InChI is InChI=1S/C21H22N2O5S/c1-13(2)20(26)23-15-9-7-14(8-10-15)17(24)11-28-21(27)16-5-3-4-6-18(16)29-12-19(22)25/h3-10,13H,11-12H2,1-2H3,(H2,22,25)(H,23,26). The molecule has 29 heavy (non-hydrogen) atoms. The number of thioether (sulfide) groups is 1. The summed E-state index contributed by atoms with van der Waals surface area (Å²) < 4.78 is 5.13. The minimum absolute atomic E-state index is 0.0307. The van der Waals surface area contributed by atoms with Gasteiger partial charge in [0.25, 0.3) is 0 Å². The summed E-state index contributed by atoms with van der Waals surface area (Å²) in [6.07, 6.45) is 0. The minimum atomic E-state index is -0.660. The van der Waals surface area contributed by atoms with Crippen molar-refractivity contribution in [1.29, 1.82) is 0 Å². The number of Topliss-reactive ketones (excluding diaryl/α,β-unsaturated/α-hetero) is 1. The molecule has 0 radical (unpaired) electrons. The van der Waals surface area contributed by atoms with Gasteiger partial charge in [0.1, 0.15) is 0 Å². The van der Waals surface area contributed by atoms with Gasteiger partial charge in [-0.25, -0.2) is 4.79 Å². The van der Waals surface area contributed by atoms with Crippen molar-refractivity contribution in [2.45, 2.75) is 18.7 Å². The zero-order valence-electron chi connectivity index (χ0n) is 16.1. The number of benzene rings is 2. The van der Waals surface area contributed by atoms with Crippen LogP contribution in [0.25, 0.3) is 0 Å². The van der Waals surface area contributed by atoms with Crippen LogP contribution < -0.4 is 11.1 Å². The molecule has 0 atom stereocenters. The van der Waals surface area contributed by atoms with Gasteiger partial charge in [0.2, 0.25) is 11.8 Å². The van der Waals surface area contributed by atoms with E-state index < -0.39 is 18.5 Å². The van der Waals surface area contributed by atoms with Crippen LogP contribution >= 0.6 is 11.8 Å². The summed E-state index contributed by atoms with van der Waals surface area (Å²) in [6.45, 7) is 3.14. The molecule has 0 heterocycles. The average Bonchev–Trinajstić information content (AvgIpc) is 2.70. The van der Waals surface area contributed by atoms with Crippen molar-refractivity contribution < 1.29 is 23.9 Å². The van der Waals surface area contributed by atoms with Crippen molar-refractivity contribution in [3.8, 4) is 0 Å². The number of anilines is 1. The van der Waals surface area contributed by atoms with E-state index in [0.29, 0.717) is 16.1 Å². The van der Waals surface area contributed by atoms with Gasteiger partial charge < -0.3 is 15.8 Å². The summed E-state index contributed by atoms with van der Waals surface area (Å²) in [6, 6.07) is 13.0. The minimum Gasteiger partial charge on any atom is -0.454 e. The maximum absolute atomic E-state index is 12.3. The normalized spacial score (nSPS) is 10.4. The molecule has 0 aliphatic carbocycles. The first-order valence-electron chi connectivity index (χ1n) is 8.89. The van der Waals surface area contributed by atoms with Crippen LogP contribution in [0.3, 0.4) is 0 Å². The summed E-state index contributed by atoms with van der Waals surface area (Å²) in [5, 5.41) is 2.73. The lowest BCUT2D eigenvalue weighted by Crippen LogP contribution is -2.18. The van der Waals surface area contributed by atoms with E-state index in [1.807, 2.05) is 0 Å². The topological polar surface area (TPSA) is 116 Å². The highest BCUT2D eigenvalue weighted by Crippen LogP contribution is 2.23. The molecule has 0 saturated heterocycles. The van der Waals surface area contributed by atoms with E-state index in [9.17, 15) is 19.2 Å². The Labute approximate surface area is 173 Å². The molecule has 2 rings (SSSR count). The molecule has 0 aliphatic rings. The van der Waals surface area contributed by atoms with Crippen molar-refractivity contribution in [3.63, 3.8) is 0 Å². The fraction of sp³-hybridized carbons (Fsp3) is 0.238. The molecule has 0 saturated carbocycles. The van der Waals surface area contributed by atoms with E-state index in [1.165, 1.54) is 0 Å². The number of rotatable bonds is 9. The van der Waals surface area contributed by atoms with E-state index in [4.69, 9.17) is 10.5 Å². The van der Waals surface area contributed by atoms with Crippen molar-refractivity contribution in [3.05, 3.63) is 59.7 Å². The molecular weight excluding hydrogens is 392 g/mol. The third kappa shape index (κ3) is 6.76. The van der Waals surface area contributed by atoms with Crippen molar-refractivity contribution >= 4 is 41.0 Å². The summed E-state index contributed by atoms with van der Waals surface area (Å²) in [7, 11) is 0. The quantitative estimate of drug-likeness (QED) is 0.370. The zero-order chi connectivity index (χ0) is 21.4. The molecule has 0 spiro atoms. The Balaban J connectivity index is 1.96. The lowest BCUT2D eigenvalue weighted by Gasteiger charge is -2.10. The number of amides is 2. The van der Waals surface area contributed by atoms with Crippen LogP contribution in [0.1, 0.15) is 34.6 Å². The summed E-state index contributed by atoms with van der Waals surface area (Å²) in [5.41, 5.74) is 6.34. The molecule has 0 aliphatic heterocycles. The predicted molar refractivity (Wildman–Crippen MR) is 111 cm³/mol. The van der Waals surface area contributed by atoms with E-state index in [0.717, 1.165) is 11.8 Å². The van der Waals surface area contributed by atoms with Crippen LogP contribution in [-0.2, 0) is 14.3 Å². The maximum atomic E-state index is 12.3. The Bertz CT molecular complexity index is 910. The first-order valence-corrected chi connectivity index (χ1v) is 9.88. The monoisotopic (exact) mass is 414 g/mol. The number of ketones is 1. The highest BCUT2D eigenvalue weighted by molar-refractivity contribution is 8.00. The second-order valence-corrected chi connectivity index (χ2v) is 7.49. The highest BCUT2D eigenvalue weighted by atomic mass is 32.2. The van der Waals surface area contributed by atoms with E-state index >= 15 is 0 Å². The van der Waals surface area contributed by atoms with Gasteiger partial charge in [-0.05, 0) is 36.4 Å². The van der Waals surface area contributed by atoms with Crippen molar-refractivity contribution in [1.82, 2.24) is 0 Å². The van der Waals surface area contributed by atoms with Gasteiger partial charge in [-0.15, -0.1) is 11.8 Å². The van der Waals surface area contributed by atoms with Gasteiger partial charge in [-0.1, -0.05) is 26.0 Å². The Morgan fingerprint density at radius 1 is 1.03 bits per heavy atom. The van der Waals surface area contributed by atoms with Gasteiger partial charge in [-0.2, -0.15) is 0 Å². The number of carbonyl (C=O) groups excluding carboxylic acids is 4. The van der Waals surface area contributed by atoms with E-state index in [2.05, 4.69) is 5.32 Å². The Morgan fingerprint density at radius 3 is 2.31 bits per heavy atom. The number of hydrogen-bond acceptors (Lipinski definition) is 6. The van der Waals surface area contributed by atoms with Crippen LogP contribution in [-0.4, -0.2) is 35.9 Å². The van der Waals surface area contributed by atoms with Crippen LogP contribution in [0.5, 0.6) is 0 Å². The van der Waals surface area contributed by atoms with Gasteiger partial charge in [-0.3, -0.25) is 14.4 Å². The Kier molecular flexibility index (Phi) is 7.97. The number of esters is 1. The molecule has 2 amide bonds. The first kappa shape index (κ1) is 22.2. The zero-order valence-corrected chi connectivity index (χ0v) is 17.0. The Hall–Kier alpha value is -3.13. The predicted octanol–water partition coefficient (Wildman–Crippen LogP) is 2.90. The molecule has 2 aromatic carbocycles. The SMILES string of the molecule is CC(C)C(=O)Nc1ccc(C(=O)COC(=O)c2ccccc2SCC(N)=O)cc1. The molecular formula is C21H22N2O5S. The van der Waals surface area contributed by atoms with Crippen molar-refractivity contribution in [2.24, 2.45) is 11.7 Å². The lowest BCUT2D eigenvalue weighted by atomic mass is 10.1. The second kappa shape index (κ2) is 10.4. The van der Waals surface area contributed by atoms with E-state index in [1.54, 1.807) is 62.4 Å². The second-order valence-electron chi connectivity index (χ2n) is 6.47. The van der Waals surface area contributed by atoms with Crippen LogP contribution in [0.4, 0.5) is 5.69 Å². The van der Waals surface area contributed by atoms with E-state index in [-0.39, 0.29) is 28.9 Å². The Morgan fingerprint density at radius 2 is 1.69 bits per heavy atom. The van der Waals surface area contributed by atoms with Gasteiger partial charge >= 0.3 is 5.97 Å². The van der Waals surface area contributed by atoms with Crippen LogP contribution in [0.15, 0.2) is 53.4 Å². The maximum Gasteiger partial charge on any atom is 0.339 e. The number of carbonyl (C=O) groups is 4. The number of primary amides is 1. The number of ether oxygens (including phenoxy) is 1. The fourth-order valence-electron chi connectivity index (χ4n) is 2.23. The van der Waals surface area contributed by atoms with Gasteiger partial charge in [0.15, 0.2) is 12.4 Å². The number of hydrogen-bond donors (Lipinski definition) is 2. The third-order valence-corrected chi connectivity index (χ3v) is 4.91. The molecule has 0 unspecified atom stereocenters. The molecule has 0 bridgehead atoms. The van der Waals surface area contributed by atoms with Crippen molar-refractivity contribution in [2.75, 3.05) is 17.7 Å². The van der Waals surface area contributed by atoms with Gasteiger partial charge in [0, 0.05) is 22.1 Å². The molecule has 0 aromatic heterocycles. The lowest BCUT2D eigenvalue weighted by molar-refractivity contribution is -0.119. The van der Waals surface area contributed by atoms with Crippen LogP contribution in [0, 0.1) is 5.92 Å². The van der Waals surface area contributed by atoms with Crippen LogP contribution in [0.2, 0.25) is 0 Å². The molecule has 152 valence electrons. The third-order valence-electron chi connectivity index (χ3n) is 3.81. The molecule has 8 heteroatoms. The largest absolute Gasteiger partial charge is 0.454 e. The smallest absolute Gasteiger partial charge is 0.339 e. The summed E-state index contributed by atoms with van der Waals surface area (Å²) in [4.78, 5) is 47.8. The fourth-order valence-corrected chi connectivity index (χ4v) is 3.01. The molecule has 0 fully saturated rings. The first-order chi connectivity index (χ1) is 13.8. The average molecular weight is 414 g/mol. The summed E-state index contributed by atoms with van der Waals surface area (Å²) in [5.74, 6) is -1.77. The molecule has 7 nitrogen and oxygen atoms in total. The van der Waals surface area contributed by atoms with Gasteiger partial charge in [0.05, 0.1) is 11.3 Å². The number of nitrogens with two attached hydrogens (primary N) is 1. The number of nitrogens with one attached hydrogen (secondary N) is 1.